The quantitative estimate of drug-likeness (QED) is 0.687. The first-order valence-corrected chi connectivity index (χ1v) is 9.13. The van der Waals surface area contributed by atoms with Crippen LogP contribution in [0.5, 0.6) is 0 Å². The summed E-state index contributed by atoms with van der Waals surface area (Å²) in [5.41, 5.74) is 0.973. The van der Waals surface area contributed by atoms with Crippen LogP contribution in [-0.2, 0) is 11.3 Å². The fraction of sp³-hybridized carbons (Fsp3) is 0.231. The molecule has 22 heavy (non-hydrogen) atoms. The topological polar surface area (TPSA) is 80.9 Å². The van der Waals surface area contributed by atoms with Crippen molar-refractivity contribution >= 4 is 40.3 Å². The van der Waals surface area contributed by atoms with Crippen LogP contribution in [0.25, 0.3) is 10.8 Å². The predicted molar refractivity (Wildman–Crippen MR) is 87.0 cm³/mol. The normalized spacial score (nSPS) is 10.8. The lowest BCUT2D eigenvalue weighted by atomic mass is 10.5. The van der Waals surface area contributed by atoms with Crippen molar-refractivity contribution in [3.8, 4) is 10.8 Å². The van der Waals surface area contributed by atoms with E-state index in [0.29, 0.717) is 17.5 Å². The molecule has 3 aromatic rings. The van der Waals surface area contributed by atoms with Crippen LogP contribution in [0.4, 0.5) is 0 Å². The fourth-order valence-corrected chi connectivity index (χ4v) is 3.90. The fourth-order valence-electron chi connectivity index (χ4n) is 1.58. The van der Waals surface area contributed by atoms with Gasteiger partial charge in [-0.05, 0) is 18.4 Å². The van der Waals surface area contributed by atoms with Gasteiger partial charge in [-0.3, -0.25) is 4.79 Å². The van der Waals surface area contributed by atoms with Gasteiger partial charge in [0.15, 0.2) is 10.2 Å². The molecule has 0 fully saturated rings. The zero-order valence-electron chi connectivity index (χ0n) is 11.6. The summed E-state index contributed by atoms with van der Waals surface area (Å²) in [5.74, 6) is 1.18. The van der Waals surface area contributed by atoms with E-state index in [4.69, 9.17) is 4.52 Å². The molecule has 1 amide bonds. The van der Waals surface area contributed by atoms with E-state index in [0.717, 1.165) is 14.9 Å². The molecule has 0 bridgehead atoms. The number of nitrogens with one attached hydrogen (secondary N) is 1. The third kappa shape index (κ3) is 3.93. The average molecular weight is 352 g/mol. The molecular weight excluding hydrogens is 340 g/mol. The number of hydrogen-bond donors (Lipinski definition) is 1. The second-order valence-corrected chi connectivity index (χ2v) is 7.34. The number of aromatic nitrogens is 3. The highest BCUT2D eigenvalue weighted by Crippen LogP contribution is 2.23. The first-order chi connectivity index (χ1) is 10.7. The Kier molecular flexibility index (Phi) is 4.86. The highest BCUT2D eigenvalue weighted by atomic mass is 32.2. The van der Waals surface area contributed by atoms with Crippen LogP contribution in [0, 0.1) is 6.92 Å². The van der Waals surface area contributed by atoms with Crippen molar-refractivity contribution < 1.29 is 9.32 Å². The lowest BCUT2D eigenvalue weighted by Crippen LogP contribution is -2.25. The van der Waals surface area contributed by atoms with Crippen molar-refractivity contribution in [1.29, 1.82) is 0 Å². The van der Waals surface area contributed by atoms with Gasteiger partial charge < -0.3 is 9.84 Å². The summed E-state index contributed by atoms with van der Waals surface area (Å²) < 4.78 is 6.05. The molecule has 0 aliphatic rings. The maximum Gasteiger partial charge on any atom is 0.268 e. The van der Waals surface area contributed by atoms with Crippen molar-refractivity contribution in [3.05, 3.63) is 34.4 Å². The van der Waals surface area contributed by atoms with E-state index in [2.05, 4.69) is 20.4 Å². The average Bonchev–Trinajstić information content (AvgIpc) is 3.23. The summed E-state index contributed by atoms with van der Waals surface area (Å²) in [6.07, 6.45) is 0. The second-order valence-electron chi connectivity index (χ2n) is 4.31. The molecule has 114 valence electrons. The number of thiophene rings is 1. The van der Waals surface area contributed by atoms with Crippen molar-refractivity contribution in [3.63, 3.8) is 0 Å². The molecule has 0 aliphatic carbocycles. The number of thiazole rings is 1. The Labute approximate surface area is 139 Å². The van der Waals surface area contributed by atoms with Crippen molar-refractivity contribution in [2.45, 2.75) is 17.8 Å². The standard InChI is InChI=1S/C13H12N4O2S3/c1-8-6-21-13(15-8)22-7-11(18)14-5-10-16-12(19-17-10)9-3-2-4-20-9/h2-4,6H,5,7H2,1H3,(H,14,18). The molecule has 0 aliphatic heterocycles. The highest BCUT2D eigenvalue weighted by Gasteiger charge is 2.11. The molecule has 0 radical (unpaired) electrons. The summed E-state index contributed by atoms with van der Waals surface area (Å²) >= 11 is 4.49. The lowest BCUT2D eigenvalue weighted by Gasteiger charge is -2.00. The summed E-state index contributed by atoms with van der Waals surface area (Å²) in [5, 5.41) is 10.5. The maximum absolute atomic E-state index is 11.8. The van der Waals surface area contributed by atoms with Gasteiger partial charge in [-0.1, -0.05) is 23.0 Å². The van der Waals surface area contributed by atoms with Gasteiger partial charge in [0.1, 0.15) is 0 Å². The third-order valence-corrected chi connectivity index (χ3v) is 5.57. The molecule has 0 saturated heterocycles. The lowest BCUT2D eigenvalue weighted by molar-refractivity contribution is -0.118. The third-order valence-electron chi connectivity index (χ3n) is 2.57. The number of thioether (sulfide) groups is 1. The van der Waals surface area contributed by atoms with Crippen LogP contribution in [0.15, 0.2) is 31.8 Å². The molecular formula is C13H12N4O2S3. The SMILES string of the molecule is Cc1csc(SCC(=O)NCc2noc(-c3cccs3)n2)n1. The number of amides is 1. The first-order valence-electron chi connectivity index (χ1n) is 6.39. The smallest absolute Gasteiger partial charge is 0.268 e. The van der Waals surface area contributed by atoms with Crippen molar-refractivity contribution in [2.75, 3.05) is 5.75 Å². The Balaban J connectivity index is 1.47. The van der Waals surface area contributed by atoms with Crippen LogP contribution >= 0.6 is 34.4 Å². The molecule has 0 aromatic carbocycles. The first kappa shape index (κ1) is 15.2. The van der Waals surface area contributed by atoms with Gasteiger partial charge in [-0.25, -0.2) is 4.98 Å². The van der Waals surface area contributed by atoms with Gasteiger partial charge in [0, 0.05) is 11.1 Å². The van der Waals surface area contributed by atoms with Gasteiger partial charge in [0.2, 0.25) is 5.91 Å². The minimum atomic E-state index is -0.0830. The highest BCUT2D eigenvalue weighted by molar-refractivity contribution is 8.01. The van der Waals surface area contributed by atoms with Gasteiger partial charge in [-0.15, -0.1) is 22.7 Å². The minimum Gasteiger partial charge on any atom is -0.348 e. The van der Waals surface area contributed by atoms with E-state index in [1.54, 1.807) is 11.3 Å². The molecule has 0 unspecified atom stereocenters. The molecule has 3 rings (SSSR count). The van der Waals surface area contributed by atoms with E-state index in [9.17, 15) is 4.79 Å². The Morgan fingerprint density at radius 2 is 2.32 bits per heavy atom. The summed E-state index contributed by atoms with van der Waals surface area (Å²) in [7, 11) is 0. The number of carbonyl (C=O) groups excluding carboxylic acids is 1. The molecule has 3 heterocycles. The van der Waals surface area contributed by atoms with E-state index in [-0.39, 0.29) is 12.5 Å². The molecule has 0 atom stereocenters. The number of rotatable bonds is 6. The van der Waals surface area contributed by atoms with Crippen LogP contribution in [0.1, 0.15) is 11.5 Å². The summed E-state index contributed by atoms with van der Waals surface area (Å²) in [6, 6.07) is 3.83. The van der Waals surface area contributed by atoms with Crippen LogP contribution < -0.4 is 5.32 Å². The molecule has 9 heteroatoms. The zero-order valence-corrected chi connectivity index (χ0v) is 14.1. The second kappa shape index (κ2) is 7.03. The van der Waals surface area contributed by atoms with E-state index in [1.165, 1.54) is 23.1 Å². The van der Waals surface area contributed by atoms with E-state index >= 15 is 0 Å². The van der Waals surface area contributed by atoms with Gasteiger partial charge >= 0.3 is 0 Å². The Morgan fingerprint density at radius 3 is 3.05 bits per heavy atom. The minimum absolute atomic E-state index is 0.0830. The Hall–Kier alpha value is -1.71. The summed E-state index contributed by atoms with van der Waals surface area (Å²) in [6.45, 7) is 2.19. The molecule has 6 nitrogen and oxygen atoms in total. The molecule has 1 N–H and O–H groups in total. The maximum atomic E-state index is 11.8. The van der Waals surface area contributed by atoms with Crippen LogP contribution in [-0.4, -0.2) is 26.8 Å². The van der Waals surface area contributed by atoms with Gasteiger partial charge in [0.05, 0.1) is 17.2 Å². The van der Waals surface area contributed by atoms with Gasteiger partial charge in [0.25, 0.3) is 5.89 Å². The number of carbonyl (C=O) groups is 1. The summed E-state index contributed by atoms with van der Waals surface area (Å²) in [4.78, 5) is 21.3. The molecule has 3 aromatic heterocycles. The van der Waals surface area contributed by atoms with E-state index in [1.807, 2.05) is 29.8 Å². The monoisotopic (exact) mass is 352 g/mol. The number of nitrogens with zero attached hydrogens (tertiary/aromatic N) is 3. The number of hydrogen-bond acceptors (Lipinski definition) is 8. The van der Waals surface area contributed by atoms with E-state index < -0.39 is 0 Å². The van der Waals surface area contributed by atoms with Crippen LogP contribution in [0.2, 0.25) is 0 Å². The Morgan fingerprint density at radius 1 is 1.41 bits per heavy atom. The Bertz CT molecular complexity index is 751. The predicted octanol–water partition coefficient (Wildman–Crippen LogP) is 2.97. The van der Waals surface area contributed by atoms with Crippen molar-refractivity contribution in [1.82, 2.24) is 20.4 Å². The largest absolute Gasteiger partial charge is 0.348 e. The van der Waals surface area contributed by atoms with Gasteiger partial charge in [-0.2, -0.15) is 4.98 Å². The van der Waals surface area contributed by atoms with Crippen molar-refractivity contribution in [2.24, 2.45) is 0 Å². The molecule has 0 spiro atoms. The molecule has 0 saturated carbocycles. The number of aryl methyl sites for hydroxylation is 1. The zero-order chi connectivity index (χ0) is 15.4. The van der Waals surface area contributed by atoms with Crippen LogP contribution in [0.3, 0.4) is 0 Å².